The molecule has 1 N–H and O–H groups in total. The minimum absolute atomic E-state index is 0.0130. The number of urea groups is 1. The lowest BCUT2D eigenvalue weighted by molar-refractivity contribution is 0.0729. The number of carbonyl (C=O) groups excluding carboxylic acids is 1. The lowest BCUT2D eigenvalue weighted by Crippen LogP contribution is -2.45. The third-order valence-electron chi connectivity index (χ3n) is 5.61. The first-order valence-electron chi connectivity index (χ1n) is 9.74. The van der Waals surface area contributed by atoms with Crippen LogP contribution in [-0.4, -0.2) is 42.8 Å². The summed E-state index contributed by atoms with van der Waals surface area (Å²) in [5.41, 5.74) is 2.06. The summed E-state index contributed by atoms with van der Waals surface area (Å²) in [5.74, 6) is 0.955. The number of benzene rings is 1. The van der Waals surface area contributed by atoms with E-state index in [1.807, 2.05) is 17.0 Å². The van der Waals surface area contributed by atoms with E-state index >= 15 is 0 Å². The van der Waals surface area contributed by atoms with Crippen molar-refractivity contribution in [3.63, 3.8) is 0 Å². The van der Waals surface area contributed by atoms with Crippen LogP contribution < -0.4 is 10.1 Å². The zero-order valence-corrected chi connectivity index (χ0v) is 14.8. The smallest absolute Gasteiger partial charge is 0.322 e. The Bertz CT molecular complexity index is 607. The molecule has 2 amide bonds. The largest absolute Gasteiger partial charge is 0.493 e. The summed E-state index contributed by atoms with van der Waals surface area (Å²) in [6, 6.07) is 6.35. The number of fused-ring (bicyclic) bond motifs is 1. The Hall–Kier alpha value is -1.75. The number of rotatable bonds is 4. The van der Waals surface area contributed by atoms with Crippen LogP contribution in [0.3, 0.4) is 0 Å². The van der Waals surface area contributed by atoms with Crippen LogP contribution in [0.25, 0.3) is 0 Å². The van der Waals surface area contributed by atoms with Gasteiger partial charge < -0.3 is 19.7 Å². The summed E-state index contributed by atoms with van der Waals surface area (Å²) >= 11 is 0. The fourth-order valence-corrected chi connectivity index (χ4v) is 4.25. The van der Waals surface area contributed by atoms with Gasteiger partial charge in [-0.2, -0.15) is 0 Å². The van der Waals surface area contributed by atoms with Gasteiger partial charge in [-0.1, -0.05) is 12.8 Å². The standard InChI is InChI=1S/C20H28N2O3/c23-20(21-16-9-10-19-15(13-16)5-3-12-25-19)22(17-6-1-2-7-17)14-18-8-4-11-24-18/h9-10,13,17-18H,1-8,11-12,14H2,(H,21,23)/t18-/m0/s1. The molecule has 1 aromatic carbocycles. The van der Waals surface area contributed by atoms with E-state index in [1.165, 1.54) is 18.4 Å². The number of nitrogens with zero attached hydrogens (tertiary/aromatic N) is 1. The third kappa shape index (κ3) is 3.92. The van der Waals surface area contributed by atoms with Gasteiger partial charge in [0.2, 0.25) is 0 Å². The predicted molar refractivity (Wildman–Crippen MR) is 97.2 cm³/mol. The summed E-state index contributed by atoms with van der Waals surface area (Å²) < 4.78 is 11.4. The van der Waals surface area contributed by atoms with Gasteiger partial charge in [-0.3, -0.25) is 0 Å². The van der Waals surface area contributed by atoms with Crippen molar-refractivity contribution in [3.05, 3.63) is 23.8 Å². The van der Waals surface area contributed by atoms with E-state index in [1.54, 1.807) is 0 Å². The van der Waals surface area contributed by atoms with Gasteiger partial charge in [0.15, 0.2) is 0 Å². The Balaban J connectivity index is 1.45. The molecule has 1 aliphatic carbocycles. The van der Waals surface area contributed by atoms with Crippen LogP contribution in [0.15, 0.2) is 18.2 Å². The average molecular weight is 344 g/mol. The molecule has 5 heteroatoms. The van der Waals surface area contributed by atoms with E-state index in [0.29, 0.717) is 12.6 Å². The van der Waals surface area contributed by atoms with E-state index in [-0.39, 0.29) is 12.1 Å². The quantitative estimate of drug-likeness (QED) is 0.899. The fourth-order valence-electron chi connectivity index (χ4n) is 4.25. The first-order chi connectivity index (χ1) is 12.3. The highest BCUT2D eigenvalue weighted by molar-refractivity contribution is 5.89. The van der Waals surface area contributed by atoms with Crippen molar-refractivity contribution >= 4 is 11.7 Å². The highest BCUT2D eigenvalue weighted by Crippen LogP contribution is 2.29. The molecule has 1 saturated heterocycles. The molecule has 136 valence electrons. The molecule has 5 nitrogen and oxygen atoms in total. The summed E-state index contributed by atoms with van der Waals surface area (Å²) in [6.07, 6.45) is 9.08. The van der Waals surface area contributed by atoms with Crippen LogP contribution >= 0.6 is 0 Å². The van der Waals surface area contributed by atoms with Gasteiger partial charge in [0.05, 0.1) is 12.7 Å². The van der Waals surface area contributed by atoms with E-state index in [9.17, 15) is 4.79 Å². The molecule has 0 radical (unpaired) electrons. The van der Waals surface area contributed by atoms with Crippen LogP contribution in [0, 0.1) is 0 Å². The molecule has 25 heavy (non-hydrogen) atoms. The average Bonchev–Trinajstić information content (AvgIpc) is 3.33. The van der Waals surface area contributed by atoms with Crippen LogP contribution in [0.5, 0.6) is 5.75 Å². The molecule has 4 rings (SSSR count). The Morgan fingerprint density at radius 2 is 2.00 bits per heavy atom. The maximum absolute atomic E-state index is 13.0. The Kier molecular flexibility index (Phi) is 5.11. The molecule has 0 bridgehead atoms. The van der Waals surface area contributed by atoms with Crippen LogP contribution in [0.4, 0.5) is 10.5 Å². The van der Waals surface area contributed by atoms with Crippen molar-refractivity contribution < 1.29 is 14.3 Å². The molecule has 0 aromatic heterocycles. The number of ether oxygens (including phenoxy) is 2. The maximum atomic E-state index is 13.0. The highest BCUT2D eigenvalue weighted by Gasteiger charge is 2.30. The van der Waals surface area contributed by atoms with Gasteiger partial charge in [0.1, 0.15) is 5.75 Å². The van der Waals surface area contributed by atoms with E-state index in [2.05, 4.69) is 11.4 Å². The minimum atomic E-state index is 0.0130. The van der Waals surface area contributed by atoms with Gasteiger partial charge in [-0.25, -0.2) is 4.79 Å². The Morgan fingerprint density at radius 3 is 2.80 bits per heavy atom. The topological polar surface area (TPSA) is 50.8 Å². The normalized spacial score (nSPS) is 23.1. The Labute approximate surface area is 149 Å². The molecule has 1 atom stereocenters. The third-order valence-corrected chi connectivity index (χ3v) is 5.61. The SMILES string of the molecule is O=C(Nc1ccc2c(c1)CCCO2)N(C[C@@H]1CCCO1)C1CCCC1. The van der Waals surface area contributed by atoms with Crippen molar-refractivity contribution in [1.82, 2.24) is 4.90 Å². The van der Waals surface area contributed by atoms with Gasteiger partial charge in [0, 0.05) is 24.9 Å². The fraction of sp³-hybridized carbons (Fsp3) is 0.650. The van der Waals surface area contributed by atoms with E-state index < -0.39 is 0 Å². The molecule has 2 heterocycles. The van der Waals surface area contributed by atoms with Crippen molar-refractivity contribution in [3.8, 4) is 5.75 Å². The summed E-state index contributed by atoms with van der Waals surface area (Å²) in [6.45, 7) is 2.33. The lowest BCUT2D eigenvalue weighted by atomic mass is 10.1. The molecular weight excluding hydrogens is 316 g/mol. The number of hydrogen-bond acceptors (Lipinski definition) is 3. The molecule has 1 aromatic rings. The van der Waals surface area contributed by atoms with Crippen molar-refractivity contribution in [2.45, 2.75) is 63.5 Å². The number of nitrogens with one attached hydrogen (secondary N) is 1. The number of hydrogen-bond donors (Lipinski definition) is 1. The predicted octanol–water partition coefficient (Wildman–Crippen LogP) is 3.97. The molecule has 2 fully saturated rings. The summed E-state index contributed by atoms with van der Waals surface area (Å²) in [7, 11) is 0. The highest BCUT2D eigenvalue weighted by atomic mass is 16.5. The number of amides is 2. The van der Waals surface area contributed by atoms with Crippen LogP contribution in [0.2, 0.25) is 0 Å². The maximum Gasteiger partial charge on any atom is 0.322 e. The monoisotopic (exact) mass is 344 g/mol. The number of anilines is 1. The zero-order valence-electron chi connectivity index (χ0n) is 14.8. The first kappa shape index (κ1) is 16.7. The van der Waals surface area contributed by atoms with E-state index in [4.69, 9.17) is 9.47 Å². The first-order valence-corrected chi connectivity index (χ1v) is 9.74. The molecule has 3 aliphatic rings. The molecular formula is C20H28N2O3. The molecule has 2 aliphatic heterocycles. The van der Waals surface area contributed by atoms with Gasteiger partial charge in [-0.05, 0) is 62.3 Å². The van der Waals surface area contributed by atoms with Crippen LogP contribution in [0.1, 0.15) is 50.5 Å². The second-order valence-electron chi connectivity index (χ2n) is 7.43. The summed E-state index contributed by atoms with van der Waals surface area (Å²) in [4.78, 5) is 15.0. The molecule has 1 saturated carbocycles. The van der Waals surface area contributed by atoms with Gasteiger partial charge in [-0.15, -0.1) is 0 Å². The second-order valence-corrected chi connectivity index (χ2v) is 7.43. The second kappa shape index (κ2) is 7.65. The summed E-state index contributed by atoms with van der Waals surface area (Å²) in [5, 5.41) is 3.12. The Morgan fingerprint density at radius 1 is 1.12 bits per heavy atom. The minimum Gasteiger partial charge on any atom is -0.493 e. The lowest BCUT2D eigenvalue weighted by Gasteiger charge is -2.31. The van der Waals surface area contributed by atoms with Crippen LogP contribution in [-0.2, 0) is 11.2 Å². The number of carbonyl (C=O) groups is 1. The number of aryl methyl sites for hydroxylation is 1. The van der Waals surface area contributed by atoms with E-state index in [0.717, 1.165) is 63.2 Å². The van der Waals surface area contributed by atoms with Crippen molar-refractivity contribution in [2.75, 3.05) is 25.1 Å². The van der Waals surface area contributed by atoms with Gasteiger partial charge >= 0.3 is 6.03 Å². The molecule has 0 unspecified atom stereocenters. The molecule has 0 spiro atoms. The zero-order chi connectivity index (χ0) is 17.1. The van der Waals surface area contributed by atoms with Crippen molar-refractivity contribution in [2.24, 2.45) is 0 Å². The van der Waals surface area contributed by atoms with Gasteiger partial charge in [0.25, 0.3) is 0 Å². The van der Waals surface area contributed by atoms with Crippen molar-refractivity contribution in [1.29, 1.82) is 0 Å².